The van der Waals surface area contributed by atoms with Crippen LogP contribution in [0.25, 0.3) is 0 Å². The van der Waals surface area contributed by atoms with Crippen molar-refractivity contribution in [1.82, 2.24) is 9.97 Å². The monoisotopic (exact) mass is 330 g/mol. The Morgan fingerprint density at radius 3 is 1.92 bits per heavy atom. The number of aromatic nitrogens is 2. The summed E-state index contributed by atoms with van der Waals surface area (Å²) >= 11 is 0. The molecule has 4 heteroatoms. The van der Waals surface area contributed by atoms with Crippen LogP contribution in [0.5, 0.6) is 0 Å². The number of rotatable bonds is 3. The van der Waals surface area contributed by atoms with Gasteiger partial charge in [0, 0.05) is 18.0 Å². The van der Waals surface area contributed by atoms with Gasteiger partial charge in [0.15, 0.2) is 0 Å². The Morgan fingerprint density at radius 2 is 1.29 bits per heavy atom. The van der Waals surface area contributed by atoms with Gasteiger partial charge in [0.1, 0.15) is 17.5 Å². The minimum absolute atomic E-state index is 0.492. The average Bonchev–Trinajstić information content (AvgIpc) is 2.49. The maximum atomic E-state index is 6.11. The lowest BCUT2D eigenvalue weighted by Crippen LogP contribution is -2.22. The summed E-state index contributed by atoms with van der Waals surface area (Å²) in [6.45, 7) is 0. The summed E-state index contributed by atoms with van der Waals surface area (Å²) in [7, 11) is 0. The second-order valence-electron chi connectivity index (χ2n) is 7.76. The summed E-state index contributed by atoms with van der Waals surface area (Å²) in [4.78, 5) is 9.46. The normalized spacial score (nSPS) is 22.2. The van der Waals surface area contributed by atoms with E-state index in [1.54, 1.807) is 0 Å². The lowest BCUT2D eigenvalue weighted by atomic mass is 9.90. The van der Waals surface area contributed by atoms with Crippen molar-refractivity contribution in [3.63, 3.8) is 0 Å². The van der Waals surface area contributed by atoms with Gasteiger partial charge in [0.25, 0.3) is 0 Å². The van der Waals surface area contributed by atoms with E-state index < -0.39 is 0 Å². The van der Waals surface area contributed by atoms with Crippen molar-refractivity contribution in [1.29, 1.82) is 0 Å². The number of nitrogens with zero attached hydrogens (tertiary/aromatic N) is 2. The van der Waals surface area contributed by atoms with Crippen molar-refractivity contribution in [3.8, 4) is 0 Å². The first-order valence-electron chi connectivity index (χ1n) is 10.2. The molecule has 0 unspecified atom stereocenters. The highest BCUT2D eigenvalue weighted by Crippen LogP contribution is 2.30. The summed E-state index contributed by atoms with van der Waals surface area (Å²) in [5.74, 6) is 3.04. The number of nitrogens with one attached hydrogen (secondary N) is 1. The van der Waals surface area contributed by atoms with Crippen LogP contribution in [0.4, 0.5) is 11.6 Å². The first kappa shape index (κ1) is 17.5. The molecule has 0 aromatic carbocycles. The predicted molar refractivity (Wildman–Crippen MR) is 101 cm³/mol. The van der Waals surface area contributed by atoms with Crippen molar-refractivity contribution in [2.45, 2.75) is 102 Å². The van der Waals surface area contributed by atoms with Crippen LogP contribution in [0.3, 0.4) is 0 Å². The van der Waals surface area contributed by atoms with Crippen LogP contribution < -0.4 is 11.1 Å². The first-order valence-corrected chi connectivity index (χ1v) is 10.2. The highest BCUT2D eigenvalue weighted by atomic mass is 15.1. The van der Waals surface area contributed by atoms with Gasteiger partial charge in [-0.2, -0.15) is 0 Å². The summed E-state index contributed by atoms with van der Waals surface area (Å²) in [6, 6.07) is 2.47. The van der Waals surface area contributed by atoms with Crippen LogP contribution in [0.1, 0.15) is 102 Å². The number of anilines is 2. The van der Waals surface area contributed by atoms with Crippen molar-refractivity contribution in [3.05, 3.63) is 11.9 Å². The van der Waals surface area contributed by atoms with E-state index >= 15 is 0 Å². The van der Waals surface area contributed by atoms with Crippen LogP contribution in [0.2, 0.25) is 0 Å². The van der Waals surface area contributed by atoms with E-state index in [1.165, 1.54) is 89.9 Å². The molecule has 134 valence electrons. The van der Waals surface area contributed by atoms with Crippen molar-refractivity contribution >= 4 is 11.6 Å². The van der Waals surface area contributed by atoms with Crippen LogP contribution in [-0.4, -0.2) is 16.0 Å². The highest BCUT2D eigenvalue weighted by molar-refractivity contribution is 5.45. The van der Waals surface area contributed by atoms with E-state index in [0.29, 0.717) is 17.8 Å². The maximum Gasteiger partial charge on any atom is 0.136 e. The largest absolute Gasteiger partial charge is 0.384 e. The molecule has 1 aromatic rings. The summed E-state index contributed by atoms with van der Waals surface area (Å²) < 4.78 is 0. The molecule has 1 aromatic heterocycles. The number of nitrogens with two attached hydrogens (primary N) is 1. The molecule has 3 N–H and O–H groups in total. The quantitative estimate of drug-likeness (QED) is 0.777. The molecule has 0 radical (unpaired) electrons. The Kier molecular flexibility index (Phi) is 6.74. The summed E-state index contributed by atoms with van der Waals surface area (Å²) in [5, 5.41) is 3.67. The third-order valence-corrected chi connectivity index (χ3v) is 5.69. The standard InChI is InChI=1S/C20H34N4/c21-18-15-19(22-17-13-9-5-2-6-10-14-17)24-20(23-18)16-11-7-3-1-4-8-12-16/h15-17H,1-14H2,(H3,21,22,23,24). The molecule has 2 fully saturated rings. The lowest BCUT2D eigenvalue weighted by molar-refractivity contribution is 0.442. The Labute approximate surface area is 147 Å². The van der Waals surface area contributed by atoms with E-state index in [1.807, 2.05) is 6.07 Å². The third kappa shape index (κ3) is 5.35. The first-order chi connectivity index (χ1) is 11.8. The third-order valence-electron chi connectivity index (χ3n) is 5.69. The number of nitrogen functional groups attached to an aromatic ring is 1. The zero-order valence-electron chi connectivity index (χ0n) is 15.1. The molecule has 0 aliphatic heterocycles. The molecule has 2 aliphatic carbocycles. The molecule has 24 heavy (non-hydrogen) atoms. The summed E-state index contributed by atoms with van der Waals surface area (Å²) in [5.41, 5.74) is 6.11. The van der Waals surface area contributed by atoms with Crippen LogP contribution in [-0.2, 0) is 0 Å². The van der Waals surface area contributed by atoms with E-state index in [4.69, 9.17) is 10.7 Å². The fraction of sp³-hybridized carbons (Fsp3) is 0.800. The van der Waals surface area contributed by atoms with Gasteiger partial charge in [-0.05, 0) is 25.7 Å². The van der Waals surface area contributed by atoms with E-state index in [0.717, 1.165) is 11.6 Å². The van der Waals surface area contributed by atoms with Gasteiger partial charge in [-0.3, -0.25) is 0 Å². The van der Waals surface area contributed by atoms with Gasteiger partial charge in [0.2, 0.25) is 0 Å². The van der Waals surface area contributed by atoms with Gasteiger partial charge in [-0.15, -0.1) is 0 Å². The van der Waals surface area contributed by atoms with Gasteiger partial charge in [-0.25, -0.2) is 9.97 Å². The number of hydrogen-bond donors (Lipinski definition) is 2. The molecule has 0 bridgehead atoms. The topological polar surface area (TPSA) is 63.8 Å². The van der Waals surface area contributed by atoms with Gasteiger partial charge in [0.05, 0.1) is 0 Å². The van der Waals surface area contributed by atoms with Crippen molar-refractivity contribution in [2.75, 3.05) is 11.1 Å². The Balaban J connectivity index is 1.67. The molecule has 0 atom stereocenters. The SMILES string of the molecule is Nc1cc(NC2CCCCCCC2)nc(C2CCCCCCC2)n1. The van der Waals surface area contributed by atoms with Crippen molar-refractivity contribution < 1.29 is 0 Å². The Morgan fingerprint density at radius 1 is 0.750 bits per heavy atom. The van der Waals surface area contributed by atoms with Crippen molar-refractivity contribution in [2.24, 2.45) is 0 Å². The van der Waals surface area contributed by atoms with Gasteiger partial charge >= 0.3 is 0 Å². The van der Waals surface area contributed by atoms with E-state index in [9.17, 15) is 0 Å². The minimum Gasteiger partial charge on any atom is -0.384 e. The number of hydrogen-bond acceptors (Lipinski definition) is 4. The molecule has 3 rings (SSSR count). The Bertz CT molecular complexity index is 486. The zero-order chi connectivity index (χ0) is 16.6. The molecule has 0 amide bonds. The lowest BCUT2D eigenvalue weighted by Gasteiger charge is -2.23. The summed E-state index contributed by atoms with van der Waals surface area (Å²) in [6.07, 6.45) is 18.4. The Hall–Kier alpha value is -1.32. The fourth-order valence-corrected chi connectivity index (χ4v) is 4.27. The molecular formula is C20H34N4. The predicted octanol–water partition coefficient (Wildman–Crippen LogP) is 5.41. The van der Waals surface area contributed by atoms with Gasteiger partial charge in [-0.1, -0.05) is 64.2 Å². The molecule has 0 spiro atoms. The maximum absolute atomic E-state index is 6.11. The molecule has 1 heterocycles. The minimum atomic E-state index is 0.492. The van der Waals surface area contributed by atoms with Crippen LogP contribution in [0, 0.1) is 0 Å². The fourth-order valence-electron chi connectivity index (χ4n) is 4.27. The van der Waals surface area contributed by atoms with Crippen LogP contribution >= 0.6 is 0 Å². The molecular weight excluding hydrogens is 296 g/mol. The average molecular weight is 331 g/mol. The highest BCUT2D eigenvalue weighted by Gasteiger charge is 2.19. The molecule has 0 saturated heterocycles. The molecule has 2 aliphatic rings. The smallest absolute Gasteiger partial charge is 0.136 e. The zero-order valence-corrected chi connectivity index (χ0v) is 15.1. The van der Waals surface area contributed by atoms with E-state index in [-0.39, 0.29) is 0 Å². The molecule has 4 nitrogen and oxygen atoms in total. The van der Waals surface area contributed by atoms with Crippen LogP contribution in [0.15, 0.2) is 6.07 Å². The second kappa shape index (κ2) is 9.24. The van der Waals surface area contributed by atoms with Gasteiger partial charge < -0.3 is 11.1 Å². The molecule has 2 saturated carbocycles. The second-order valence-corrected chi connectivity index (χ2v) is 7.76. The van der Waals surface area contributed by atoms with E-state index in [2.05, 4.69) is 10.3 Å².